The topological polar surface area (TPSA) is 100 Å². The molecule has 0 radical (unpaired) electrons. The number of hydrogen-bond donors (Lipinski definition) is 4. The van der Waals surface area contributed by atoms with Crippen LogP contribution in [0.5, 0.6) is 11.5 Å². The lowest BCUT2D eigenvalue weighted by Gasteiger charge is -2.18. The first-order valence-corrected chi connectivity index (χ1v) is 9.89. The molecule has 1 atom stereocenters. The second-order valence-electron chi connectivity index (χ2n) is 7.09. The molecule has 4 rings (SSSR count). The molecule has 1 aromatic heterocycles. The number of hydrogen-bond acceptors (Lipinski definition) is 5. The second-order valence-corrected chi connectivity index (χ2v) is 7.09. The Balaban J connectivity index is 1.46. The normalized spacial score (nSPS) is 15.6. The summed E-state index contributed by atoms with van der Waals surface area (Å²) in [5, 5.41) is 15.9. The van der Waals surface area contributed by atoms with E-state index in [2.05, 4.69) is 26.1 Å². The van der Waals surface area contributed by atoms with Gasteiger partial charge in [-0.2, -0.15) is 5.10 Å². The molecule has 3 aromatic rings. The minimum atomic E-state index is -0.303. The molecule has 1 unspecified atom stereocenters. The van der Waals surface area contributed by atoms with E-state index in [1.165, 1.54) is 0 Å². The van der Waals surface area contributed by atoms with Crippen molar-refractivity contribution in [2.45, 2.75) is 19.1 Å². The first-order chi connectivity index (χ1) is 14.7. The van der Waals surface area contributed by atoms with Gasteiger partial charge < -0.3 is 25.4 Å². The number of amides is 2. The molecule has 8 heteroatoms. The largest absolute Gasteiger partial charge is 0.497 e. The molecular formula is C22H25N5O3. The summed E-state index contributed by atoms with van der Waals surface area (Å²) >= 11 is 0. The maximum atomic E-state index is 12.5. The summed E-state index contributed by atoms with van der Waals surface area (Å²) in [6.45, 7) is 2.10. The van der Waals surface area contributed by atoms with E-state index in [4.69, 9.17) is 9.47 Å². The van der Waals surface area contributed by atoms with E-state index in [9.17, 15) is 4.79 Å². The highest BCUT2D eigenvalue weighted by molar-refractivity contribution is 5.91. The number of aromatic nitrogens is 2. The summed E-state index contributed by atoms with van der Waals surface area (Å²) in [7, 11) is 1.62. The van der Waals surface area contributed by atoms with Crippen molar-refractivity contribution in [1.29, 1.82) is 0 Å². The van der Waals surface area contributed by atoms with Gasteiger partial charge in [0, 0.05) is 24.8 Å². The van der Waals surface area contributed by atoms with E-state index in [-0.39, 0.29) is 12.1 Å². The van der Waals surface area contributed by atoms with Crippen molar-refractivity contribution in [2.24, 2.45) is 0 Å². The maximum Gasteiger partial charge on any atom is 0.319 e. The Morgan fingerprint density at radius 1 is 1.23 bits per heavy atom. The van der Waals surface area contributed by atoms with Gasteiger partial charge >= 0.3 is 6.03 Å². The van der Waals surface area contributed by atoms with Gasteiger partial charge in [-0.15, -0.1) is 0 Å². The smallest absolute Gasteiger partial charge is 0.319 e. The lowest BCUT2D eigenvalue weighted by atomic mass is 10.1. The first-order valence-electron chi connectivity index (χ1n) is 9.89. The molecule has 1 saturated heterocycles. The van der Waals surface area contributed by atoms with Crippen molar-refractivity contribution < 1.29 is 14.3 Å². The molecule has 4 N–H and O–H groups in total. The van der Waals surface area contributed by atoms with Gasteiger partial charge in [-0.3, -0.25) is 5.10 Å². The lowest BCUT2D eigenvalue weighted by molar-refractivity contribution is 0.224. The number of H-pyrrole nitrogens is 1. The minimum absolute atomic E-state index is 0.0741. The number of nitrogens with one attached hydrogen (secondary N) is 4. The Morgan fingerprint density at radius 3 is 2.93 bits per heavy atom. The highest BCUT2D eigenvalue weighted by Gasteiger charge is 2.19. The zero-order valence-corrected chi connectivity index (χ0v) is 16.8. The van der Waals surface area contributed by atoms with Crippen molar-refractivity contribution >= 4 is 11.7 Å². The Bertz CT molecular complexity index is 984. The standard InChI is InChI=1S/C22H25N5O3/c1-29-18-4-2-3-15(9-18)11-24-22(28)27-20-6-5-16(17-12-25-26-13-17)10-21(20)30-19-7-8-23-14-19/h2-6,9-10,12-13,19,23H,7-8,11,14H2,1H3,(H,25,26)(H2,24,27,28). The van der Waals surface area contributed by atoms with E-state index in [1.807, 2.05) is 48.7 Å². The predicted octanol–water partition coefficient (Wildman–Crippen LogP) is 3.15. The molecule has 0 aliphatic carbocycles. The Labute approximate surface area is 175 Å². The van der Waals surface area contributed by atoms with Crippen LogP contribution in [0.2, 0.25) is 0 Å². The summed E-state index contributed by atoms with van der Waals surface area (Å²) in [4.78, 5) is 12.5. The van der Waals surface area contributed by atoms with Crippen molar-refractivity contribution in [3.05, 3.63) is 60.4 Å². The summed E-state index contributed by atoms with van der Waals surface area (Å²) in [6.07, 6.45) is 4.58. The monoisotopic (exact) mass is 407 g/mol. The maximum absolute atomic E-state index is 12.5. The van der Waals surface area contributed by atoms with Gasteiger partial charge in [-0.05, 0) is 48.4 Å². The number of benzene rings is 2. The van der Waals surface area contributed by atoms with E-state index >= 15 is 0 Å². The van der Waals surface area contributed by atoms with Crippen LogP contribution >= 0.6 is 0 Å². The van der Waals surface area contributed by atoms with Crippen LogP contribution in [0.3, 0.4) is 0 Å². The Morgan fingerprint density at radius 2 is 2.17 bits per heavy atom. The van der Waals surface area contributed by atoms with Crippen LogP contribution in [-0.2, 0) is 6.54 Å². The third-order valence-electron chi connectivity index (χ3n) is 4.96. The van der Waals surface area contributed by atoms with Gasteiger partial charge in [0.25, 0.3) is 0 Å². The SMILES string of the molecule is COc1cccc(CNC(=O)Nc2ccc(-c3cn[nH]c3)cc2OC2CCNC2)c1. The number of rotatable bonds is 7. The molecule has 156 valence electrons. The van der Waals surface area contributed by atoms with E-state index in [0.717, 1.165) is 42.0 Å². The molecule has 0 saturated carbocycles. The fraction of sp³-hybridized carbons (Fsp3) is 0.273. The van der Waals surface area contributed by atoms with Crippen LogP contribution in [0.4, 0.5) is 10.5 Å². The quantitative estimate of drug-likeness (QED) is 0.482. The number of carbonyl (C=O) groups excluding carboxylic acids is 1. The van der Waals surface area contributed by atoms with Crippen LogP contribution in [0.1, 0.15) is 12.0 Å². The summed E-state index contributed by atoms with van der Waals surface area (Å²) < 4.78 is 11.4. The average Bonchev–Trinajstić information content (AvgIpc) is 3.48. The van der Waals surface area contributed by atoms with Crippen LogP contribution in [0, 0.1) is 0 Å². The molecular weight excluding hydrogens is 382 g/mol. The van der Waals surface area contributed by atoms with Crippen molar-refractivity contribution in [3.63, 3.8) is 0 Å². The third kappa shape index (κ3) is 4.90. The van der Waals surface area contributed by atoms with E-state index < -0.39 is 0 Å². The van der Waals surface area contributed by atoms with Gasteiger partial charge in [0.05, 0.1) is 19.0 Å². The molecule has 2 heterocycles. The first kappa shape index (κ1) is 19.8. The molecule has 1 fully saturated rings. The molecule has 1 aliphatic heterocycles. The fourth-order valence-electron chi connectivity index (χ4n) is 3.35. The summed E-state index contributed by atoms with van der Waals surface area (Å²) in [5.74, 6) is 1.39. The number of anilines is 1. The van der Waals surface area contributed by atoms with E-state index in [0.29, 0.717) is 18.0 Å². The van der Waals surface area contributed by atoms with Crippen molar-refractivity contribution in [1.82, 2.24) is 20.8 Å². The fourth-order valence-corrected chi connectivity index (χ4v) is 3.35. The lowest BCUT2D eigenvalue weighted by Crippen LogP contribution is -2.29. The Kier molecular flexibility index (Phi) is 6.14. The number of carbonyl (C=O) groups is 1. The molecule has 8 nitrogen and oxygen atoms in total. The zero-order chi connectivity index (χ0) is 20.8. The Hall–Kier alpha value is -3.52. The van der Waals surface area contributed by atoms with Crippen LogP contribution in [-0.4, -0.2) is 42.5 Å². The second kappa shape index (κ2) is 9.32. The average molecular weight is 407 g/mol. The number of urea groups is 1. The number of aromatic amines is 1. The van der Waals surface area contributed by atoms with Gasteiger partial charge in [0.1, 0.15) is 17.6 Å². The van der Waals surface area contributed by atoms with Crippen molar-refractivity contribution in [3.8, 4) is 22.6 Å². The molecule has 0 bridgehead atoms. The van der Waals surface area contributed by atoms with Crippen LogP contribution in [0.25, 0.3) is 11.1 Å². The third-order valence-corrected chi connectivity index (χ3v) is 4.96. The zero-order valence-electron chi connectivity index (χ0n) is 16.8. The highest BCUT2D eigenvalue weighted by atomic mass is 16.5. The van der Waals surface area contributed by atoms with Gasteiger partial charge in [0.2, 0.25) is 0 Å². The molecule has 30 heavy (non-hydrogen) atoms. The molecule has 2 amide bonds. The number of ether oxygens (including phenoxy) is 2. The van der Waals surface area contributed by atoms with Gasteiger partial charge in [0.15, 0.2) is 0 Å². The highest BCUT2D eigenvalue weighted by Crippen LogP contribution is 2.32. The number of nitrogens with zero attached hydrogens (tertiary/aromatic N) is 1. The van der Waals surface area contributed by atoms with Gasteiger partial charge in [-0.1, -0.05) is 18.2 Å². The van der Waals surface area contributed by atoms with Crippen LogP contribution in [0.15, 0.2) is 54.9 Å². The van der Waals surface area contributed by atoms with Crippen molar-refractivity contribution in [2.75, 3.05) is 25.5 Å². The van der Waals surface area contributed by atoms with Crippen LogP contribution < -0.4 is 25.4 Å². The number of methoxy groups -OCH3 is 1. The summed E-state index contributed by atoms with van der Waals surface area (Å²) in [5.41, 5.74) is 3.50. The molecule has 0 spiro atoms. The van der Waals surface area contributed by atoms with E-state index in [1.54, 1.807) is 13.3 Å². The molecule has 2 aromatic carbocycles. The minimum Gasteiger partial charge on any atom is -0.497 e. The summed E-state index contributed by atoms with van der Waals surface area (Å²) in [6, 6.07) is 13.0. The molecule has 1 aliphatic rings. The predicted molar refractivity (Wildman–Crippen MR) is 115 cm³/mol. The van der Waals surface area contributed by atoms with Gasteiger partial charge in [-0.25, -0.2) is 4.79 Å².